The fourth-order valence-electron chi connectivity index (χ4n) is 0.153. The fraction of sp³-hybridized carbons (Fsp3) is 0.200. The van der Waals surface area contributed by atoms with Gasteiger partial charge < -0.3 is 0 Å². The molecule has 38 valence electrons. The van der Waals surface area contributed by atoms with Crippen molar-refractivity contribution in [3.8, 4) is 0 Å². The maximum Gasteiger partial charge on any atom is 0.00423 e. The first kappa shape index (κ1) is 10.6. The molecule has 0 N–H and O–H groups in total. The average Bonchev–Trinajstić information content (AvgIpc) is 1.61. The molecule has 0 aromatic rings. The van der Waals surface area contributed by atoms with Crippen LogP contribution in [0.1, 0.15) is 6.92 Å². The zero-order valence-electron chi connectivity index (χ0n) is 4.19. The molecule has 0 saturated heterocycles. The van der Waals surface area contributed by atoms with Crippen molar-refractivity contribution in [3.63, 3.8) is 0 Å². The predicted molar refractivity (Wildman–Crippen MR) is 29.8 cm³/mol. The van der Waals surface area contributed by atoms with Gasteiger partial charge in [0.2, 0.25) is 0 Å². The summed E-state index contributed by atoms with van der Waals surface area (Å²) in [6.45, 7) is 1.94. The van der Waals surface area contributed by atoms with Gasteiger partial charge in [0, 0.05) is 31.7 Å². The molecule has 0 amide bonds. The summed E-state index contributed by atoms with van der Waals surface area (Å²) >= 11 is 5.15. The van der Waals surface area contributed by atoms with Crippen molar-refractivity contribution in [2.24, 2.45) is 0 Å². The molecule has 0 saturated carbocycles. The molecule has 0 fully saturated rings. The van der Waals surface area contributed by atoms with Crippen LogP contribution in [0.15, 0.2) is 23.8 Å². The smallest absolute Gasteiger partial charge is 0.00423 e. The van der Waals surface area contributed by atoms with Gasteiger partial charge in [-0.1, -0.05) is 29.8 Å². The van der Waals surface area contributed by atoms with Crippen LogP contribution in [0.4, 0.5) is 0 Å². The molecule has 0 unspecified atom stereocenters. The first-order valence-electron chi connectivity index (χ1n) is 1.80. The Morgan fingerprint density at radius 1 is 1.29 bits per heavy atom. The Bertz CT molecular complexity index is 56.5. The minimum Gasteiger partial charge on any atom is -0.0930 e. The Labute approximate surface area is 68.4 Å². The Morgan fingerprint density at radius 2 is 1.86 bits per heavy atom. The molecular formula is C5H7ClZr. The van der Waals surface area contributed by atoms with E-state index in [4.69, 9.17) is 11.6 Å². The van der Waals surface area contributed by atoms with Gasteiger partial charge in [-0.25, -0.2) is 0 Å². The fourth-order valence-corrected chi connectivity index (χ4v) is 0.237. The van der Waals surface area contributed by atoms with Crippen LogP contribution >= 0.6 is 11.6 Å². The van der Waals surface area contributed by atoms with Crippen LogP contribution in [0, 0.1) is 0 Å². The number of allylic oxidation sites excluding steroid dienone is 3. The standard InChI is InChI=1S/C5H7Cl.Zr/c1-2-3-4-5-6;/h2-5H,1H3;/b3-2+,5-4+;. The van der Waals surface area contributed by atoms with Gasteiger partial charge >= 0.3 is 0 Å². The molecule has 0 aliphatic heterocycles. The summed E-state index contributed by atoms with van der Waals surface area (Å²) < 4.78 is 0. The quantitative estimate of drug-likeness (QED) is 0.561. The molecule has 0 nitrogen and oxygen atoms in total. The molecule has 0 heterocycles. The minimum atomic E-state index is 0. The first-order chi connectivity index (χ1) is 2.91. The largest absolute Gasteiger partial charge is 0.0930 e. The molecule has 0 aromatic heterocycles. The first-order valence-corrected chi connectivity index (χ1v) is 2.23. The van der Waals surface area contributed by atoms with Crippen LogP contribution in [-0.4, -0.2) is 0 Å². The zero-order chi connectivity index (χ0) is 4.83. The molecule has 0 aliphatic rings. The van der Waals surface area contributed by atoms with Crippen LogP contribution < -0.4 is 0 Å². The minimum absolute atomic E-state index is 0. The van der Waals surface area contributed by atoms with Crippen molar-refractivity contribution in [2.75, 3.05) is 0 Å². The summed E-state index contributed by atoms with van der Waals surface area (Å²) in [4.78, 5) is 0. The summed E-state index contributed by atoms with van der Waals surface area (Å²) in [6.07, 6.45) is 5.55. The SMILES string of the molecule is C/C=C/C=C/Cl.[Zr]. The maximum absolute atomic E-state index is 5.15. The number of hydrogen-bond donors (Lipinski definition) is 0. The molecule has 0 atom stereocenters. The van der Waals surface area contributed by atoms with Crippen molar-refractivity contribution >= 4 is 11.6 Å². The van der Waals surface area contributed by atoms with Gasteiger partial charge in [-0.2, -0.15) is 0 Å². The van der Waals surface area contributed by atoms with Crippen LogP contribution in [-0.2, 0) is 26.2 Å². The molecule has 2 heteroatoms. The van der Waals surface area contributed by atoms with E-state index in [2.05, 4.69) is 0 Å². The van der Waals surface area contributed by atoms with Gasteiger partial charge in [-0.15, -0.1) is 0 Å². The van der Waals surface area contributed by atoms with Gasteiger partial charge in [-0.05, 0) is 6.92 Å². The Balaban J connectivity index is 0. The van der Waals surface area contributed by atoms with Crippen molar-refractivity contribution < 1.29 is 26.2 Å². The molecule has 0 spiro atoms. The van der Waals surface area contributed by atoms with Crippen LogP contribution in [0.25, 0.3) is 0 Å². The van der Waals surface area contributed by atoms with E-state index in [-0.39, 0.29) is 26.2 Å². The second-order valence-electron chi connectivity index (χ2n) is 0.844. The zero-order valence-corrected chi connectivity index (χ0v) is 7.40. The van der Waals surface area contributed by atoms with E-state index >= 15 is 0 Å². The molecular weight excluding hydrogens is 187 g/mol. The van der Waals surface area contributed by atoms with Crippen molar-refractivity contribution in [3.05, 3.63) is 23.8 Å². The number of rotatable bonds is 1. The molecule has 0 rings (SSSR count). The Morgan fingerprint density at radius 3 is 2.00 bits per heavy atom. The summed E-state index contributed by atoms with van der Waals surface area (Å²) in [7, 11) is 0. The summed E-state index contributed by atoms with van der Waals surface area (Å²) in [5.74, 6) is 0. The molecule has 7 heavy (non-hydrogen) atoms. The van der Waals surface area contributed by atoms with Crippen LogP contribution in [0.5, 0.6) is 0 Å². The predicted octanol–water partition coefficient (Wildman–Crippen LogP) is 2.31. The van der Waals surface area contributed by atoms with Gasteiger partial charge in [0.25, 0.3) is 0 Å². The monoisotopic (exact) mass is 192 g/mol. The van der Waals surface area contributed by atoms with E-state index < -0.39 is 0 Å². The molecule has 0 radical (unpaired) electrons. The van der Waals surface area contributed by atoms with Gasteiger partial charge in [0.05, 0.1) is 0 Å². The molecule has 0 aromatic carbocycles. The summed E-state index contributed by atoms with van der Waals surface area (Å²) in [5.41, 5.74) is 1.47. The van der Waals surface area contributed by atoms with Crippen molar-refractivity contribution in [2.45, 2.75) is 6.92 Å². The Hall–Kier alpha value is 0.653. The van der Waals surface area contributed by atoms with E-state index in [1.54, 1.807) is 6.08 Å². The average molecular weight is 194 g/mol. The topological polar surface area (TPSA) is 0 Å². The van der Waals surface area contributed by atoms with Crippen molar-refractivity contribution in [1.82, 2.24) is 0 Å². The van der Waals surface area contributed by atoms with Gasteiger partial charge in [0.15, 0.2) is 0 Å². The van der Waals surface area contributed by atoms with Gasteiger partial charge in [0.1, 0.15) is 0 Å². The molecule has 0 bridgehead atoms. The second kappa shape index (κ2) is 9.82. The maximum atomic E-state index is 5.15. The number of halogens is 1. The van der Waals surface area contributed by atoms with E-state index in [0.29, 0.717) is 0 Å². The third-order valence-electron chi connectivity index (χ3n) is 0.376. The normalized spacial score (nSPS) is 10.0. The van der Waals surface area contributed by atoms with E-state index in [1.807, 2.05) is 19.1 Å². The van der Waals surface area contributed by atoms with Crippen LogP contribution in [0.3, 0.4) is 0 Å². The summed E-state index contributed by atoms with van der Waals surface area (Å²) in [5, 5.41) is 0. The third kappa shape index (κ3) is 10.8. The van der Waals surface area contributed by atoms with E-state index in [0.717, 1.165) is 0 Å². The Kier molecular flexibility index (Phi) is 14.9. The van der Waals surface area contributed by atoms with Crippen LogP contribution in [0.2, 0.25) is 0 Å². The second-order valence-corrected chi connectivity index (χ2v) is 1.10. The van der Waals surface area contributed by atoms with Gasteiger partial charge in [-0.3, -0.25) is 0 Å². The van der Waals surface area contributed by atoms with Crippen molar-refractivity contribution in [1.29, 1.82) is 0 Å². The van der Waals surface area contributed by atoms with E-state index in [9.17, 15) is 0 Å². The third-order valence-corrected chi connectivity index (χ3v) is 0.522. The summed E-state index contributed by atoms with van der Waals surface area (Å²) in [6, 6.07) is 0. The molecule has 0 aliphatic carbocycles. The number of hydrogen-bond acceptors (Lipinski definition) is 0. The van der Waals surface area contributed by atoms with E-state index in [1.165, 1.54) is 5.54 Å².